The van der Waals surface area contributed by atoms with Crippen LogP contribution in [0.25, 0.3) is 0 Å². The molecule has 0 aromatic rings. The van der Waals surface area contributed by atoms with Gasteiger partial charge >= 0.3 is 0 Å². The lowest BCUT2D eigenvalue weighted by Crippen LogP contribution is -1.87. The molecule has 0 nitrogen and oxygen atoms in total. The van der Waals surface area contributed by atoms with E-state index in [1.165, 1.54) is 44.9 Å². The summed E-state index contributed by atoms with van der Waals surface area (Å²) in [6, 6.07) is 0. The van der Waals surface area contributed by atoms with Gasteiger partial charge in [0.15, 0.2) is 0 Å². The van der Waals surface area contributed by atoms with Gasteiger partial charge in [-0.2, -0.15) is 0 Å². The lowest BCUT2D eigenvalue weighted by Gasteiger charge is -2.05. The summed E-state index contributed by atoms with van der Waals surface area (Å²) in [7, 11) is 0. The molecule has 0 spiro atoms. The predicted molar refractivity (Wildman–Crippen MR) is 89.5 cm³/mol. The van der Waals surface area contributed by atoms with Crippen molar-refractivity contribution < 1.29 is 0 Å². The quantitative estimate of drug-likeness (QED) is 0.376. The van der Waals surface area contributed by atoms with Gasteiger partial charge in [0.2, 0.25) is 0 Å². The first kappa shape index (κ1) is 18.5. The molecule has 0 bridgehead atoms. The van der Waals surface area contributed by atoms with Crippen LogP contribution in [0.5, 0.6) is 0 Å². The van der Waals surface area contributed by atoms with Crippen LogP contribution in [0, 0.1) is 11.8 Å². The molecule has 0 N–H and O–H groups in total. The van der Waals surface area contributed by atoms with Crippen LogP contribution in [0.3, 0.4) is 0 Å². The molecule has 0 heteroatoms. The van der Waals surface area contributed by atoms with Crippen molar-refractivity contribution in [3.63, 3.8) is 0 Å². The van der Waals surface area contributed by atoms with Gasteiger partial charge in [-0.15, -0.1) is 0 Å². The normalized spacial score (nSPS) is 13.7. The van der Waals surface area contributed by atoms with E-state index in [-0.39, 0.29) is 0 Å². The van der Waals surface area contributed by atoms with Crippen LogP contribution in [0.1, 0.15) is 86.5 Å². The summed E-state index contributed by atoms with van der Waals surface area (Å²) in [5, 5.41) is 0. The maximum Gasteiger partial charge on any atom is -0.0320 e. The van der Waals surface area contributed by atoms with Crippen LogP contribution >= 0.6 is 0 Å². The molecule has 0 unspecified atom stereocenters. The Hall–Kier alpha value is -0.520. The highest BCUT2D eigenvalue weighted by molar-refractivity contribution is 5.01. The number of hydrogen-bond donors (Lipinski definition) is 0. The monoisotopic (exact) mass is 264 g/mol. The Balaban J connectivity index is 3.71. The summed E-state index contributed by atoms with van der Waals surface area (Å²) >= 11 is 0. The van der Waals surface area contributed by atoms with Crippen molar-refractivity contribution >= 4 is 0 Å². The molecule has 0 saturated carbocycles. The first-order valence-electron chi connectivity index (χ1n) is 8.23. The fourth-order valence-corrected chi connectivity index (χ4v) is 2.18. The maximum atomic E-state index is 2.44. The molecule has 0 heterocycles. The zero-order valence-corrected chi connectivity index (χ0v) is 14.3. The van der Waals surface area contributed by atoms with Gasteiger partial charge in [-0.1, -0.05) is 51.0 Å². The minimum atomic E-state index is 0.829. The molecule has 0 rings (SSSR count). The fourth-order valence-electron chi connectivity index (χ4n) is 2.18. The van der Waals surface area contributed by atoms with E-state index in [1.807, 2.05) is 0 Å². The first-order valence-corrected chi connectivity index (χ1v) is 8.23. The predicted octanol–water partition coefficient (Wildman–Crippen LogP) is 6.92. The Morgan fingerprint density at radius 2 is 1.11 bits per heavy atom. The van der Waals surface area contributed by atoms with Gasteiger partial charge in [-0.3, -0.25) is 0 Å². The number of allylic oxidation sites excluding steroid dienone is 4. The van der Waals surface area contributed by atoms with Crippen LogP contribution in [0.2, 0.25) is 0 Å². The molecular formula is C19H36. The molecule has 0 atom stereocenters. The lowest BCUT2D eigenvalue weighted by atomic mass is 10.0. The standard InChI is InChI=1S/C19H36/c1-16(2)10-7-12-18(5)14-9-15-19(6)13-8-11-17(3)4/h12-13,16-17H,7-11,14-15H2,1-6H3/b18-12+,19-13+. The van der Waals surface area contributed by atoms with E-state index in [4.69, 9.17) is 0 Å². The molecule has 0 saturated heterocycles. The summed E-state index contributed by atoms with van der Waals surface area (Å²) in [5.74, 6) is 1.66. The molecule has 0 aliphatic heterocycles. The van der Waals surface area contributed by atoms with Gasteiger partial charge in [-0.05, 0) is 70.6 Å². The number of hydrogen-bond acceptors (Lipinski definition) is 0. The Bertz CT molecular complexity index is 238. The average Bonchev–Trinajstić information content (AvgIpc) is 2.27. The van der Waals surface area contributed by atoms with Crippen molar-refractivity contribution in [2.75, 3.05) is 0 Å². The molecule has 0 aliphatic carbocycles. The van der Waals surface area contributed by atoms with Crippen molar-refractivity contribution in [3.05, 3.63) is 23.3 Å². The highest BCUT2D eigenvalue weighted by Crippen LogP contribution is 2.15. The summed E-state index contributed by atoms with van der Waals surface area (Å²) in [5.41, 5.74) is 3.16. The molecule has 0 fully saturated rings. The molecular weight excluding hydrogens is 228 g/mol. The zero-order valence-electron chi connectivity index (χ0n) is 14.3. The van der Waals surface area contributed by atoms with Gasteiger partial charge in [0, 0.05) is 0 Å². The topological polar surface area (TPSA) is 0 Å². The van der Waals surface area contributed by atoms with Gasteiger partial charge in [0.1, 0.15) is 0 Å². The summed E-state index contributed by atoms with van der Waals surface area (Å²) < 4.78 is 0. The van der Waals surface area contributed by atoms with Crippen molar-refractivity contribution in [2.24, 2.45) is 11.8 Å². The zero-order chi connectivity index (χ0) is 14.7. The SMILES string of the molecule is C/C(=C\CCC(C)C)CCC/C(C)=C/CCC(C)C. The third-order valence-electron chi connectivity index (χ3n) is 3.62. The van der Waals surface area contributed by atoms with E-state index in [0.29, 0.717) is 0 Å². The van der Waals surface area contributed by atoms with Crippen LogP contribution in [-0.2, 0) is 0 Å². The Morgan fingerprint density at radius 1 is 0.737 bits per heavy atom. The smallest absolute Gasteiger partial charge is 0.0320 e. The molecule has 19 heavy (non-hydrogen) atoms. The van der Waals surface area contributed by atoms with Gasteiger partial charge in [0.05, 0.1) is 0 Å². The third-order valence-corrected chi connectivity index (χ3v) is 3.62. The molecule has 0 aromatic heterocycles. The second-order valence-electron chi connectivity index (χ2n) is 6.90. The summed E-state index contributed by atoms with van der Waals surface area (Å²) in [6.45, 7) is 13.8. The van der Waals surface area contributed by atoms with Crippen LogP contribution in [-0.4, -0.2) is 0 Å². The minimum absolute atomic E-state index is 0.829. The first-order chi connectivity index (χ1) is 8.91. The average molecular weight is 264 g/mol. The summed E-state index contributed by atoms with van der Waals surface area (Å²) in [4.78, 5) is 0. The molecule has 0 aromatic carbocycles. The van der Waals surface area contributed by atoms with Gasteiger partial charge in [0.25, 0.3) is 0 Å². The Kier molecular flexibility index (Phi) is 11.0. The maximum absolute atomic E-state index is 2.44. The van der Waals surface area contributed by atoms with Crippen molar-refractivity contribution in [1.29, 1.82) is 0 Å². The van der Waals surface area contributed by atoms with E-state index in [0.717, 1.165) is 11.8 Å². The van der Waals surface area contributed by atoms with E-state index >= 15 is 0 Å². The lowest BCUT2D eigenvalue weighted by molar-refractivity contribution is 0.591. The highest BCUT2D eigenvalue weighted by atomic mass is 14.0. The fraction of sp³-hybridized carbons (Fsp3) is 0.789. The molecule has 0 amide bonds. The van der Waals surface area contributed by atoms with E-state index < -0.39 is 0 Å². The van der Waals surface area contributed by atoms with Gasteiger partial charge in [-0.25, -0.2) is 0 Å². The van der Waals surface area contributed by atoms with Crippen LogP contribution in [0.4, 0.5) is 0 Å². The Labute approximate surface area is 122 Å². The highest BCUT2D eigenvalue weighted by Gasteiger charge is 1.96. The third kappa shape index (κ3) is 13.7. The van der Waals surface area contributed by atoms with Crippen molar-refractivity contribution in [2.45, 2.75) is 86.5 Å². The second-order valence-corrected chi connectivity index (χ2v) is 6.90. The molecule has 0 radical (unpaired) electrons. The summed E-state index contributed by atoms with van der Waals surface area (Å²) in [6.07, 6.45) is 13.9. The number of rotatable bonds is 10. The van der Waals surface area contributed by atoms with Crippen molar-refractivity contribution in [3.8, 4) is 0 Å². The van der Waals surface area contributed by atoms with Crippen LogP contribution < -0.4 is 0 Å². The largest absolute Gasteiger partial charge is 0.0856 e. The molecule has 0 aliphatic rings. The van der Waals surface area contributed by atoms with E-state index in [1.54, 1.807) is 11.1 Å². The van der Waals surface area contributed by atoms with E-state index in [2.05, 4.69) is 53.7 Å². The van der Waals surface area contributed by atoms with Gasteiger partial charge < -0.3 is 0 Å². The van der Waals surface area contributed by atoms with E-state index in [9.17, 15) is 0 Å². The Morgan fingerprint density at radius 3 is 1.42 bits per heavy atom. The van der Waals surface area contributed by atoms with Crippen molar-refractivity contribution in [1.82, 2.24) is 0 Å². The van der Waals surface area contributed by atoms with Crippen LogP contribution in [0.15, 0.2) is 23.3 Å². The second kappa shape index (κ2) is 11.3. The molecule has 112 valence electrons. The minimum Gasteiger partial charge on any atom is -0.0856 e.